The largest absolute Gasteiger partial charge is 0.488 e. The standard InChI is InChI=1S/C21H18FNO3/c1-3-8-25-21(24)14-4-6-17-15(9-14)12-26-19-7-5-16(22)10-18(19)20(17)13(2)11-23/h4-7,9-10H,3,8,12H2,1-2H3/b20-13+. The van der Waals surface area contributed by atoms with Crippen molar-refractivity contribution in [2.45, 2.75) is 26.9 Å². The SMILES string of the molecule is CCCOC(=O)c1ccc2c(c1)COc1ccc(F)cc1/C2=C(\C)C#N. The Labute approximate surface area is 151 Å². The number of nitriles is 1. The van der Waals surface area contributed by atoms with Gasteiger partial charge >= 0.3 is 5.97 Å². The normalized spacial score (nSPS) is 14.2. The smallest absolute Gasteiger partial charge is 0.338 e. The minimum absolute atomic E-state index is 0.213. The molecular weight excluding hydrogens is 333 g/mol. The van der Waals surface area contributed by atoms with E-state index in [2.05, 4.69) is 6.07 Å². The van der Waals surface area contributed by atoms with E-state index in [9.17, 15) is 14.4 Å². The number of rotatable bonds is 3. The summed E-state index contributed by atoms with van der Waals surface area (Å²) < 4.78 is 24.8. The lowest BCUT2D eigenvalue weighted by atomic mass is 9.90. The third-order valence-electron chi connectivity index (χ3n) is 4.18. The number of nitrogens with zero attached hydrogens (tertiary/aromatic N) is 1. The summed E-state index contributed by atoms with van der Waals surface area (Å²) in [5.74, 6) is -0.300. The van der Waals surface area contributed by atoms with Crippen molar-refractivity contribution >= 4 is 11.5 Å². The van der Waals surface area contributed by atoms with Crippen LogP contribution in [0.4, 0.5) is 4.39 Å². The molecule has 1 heterocycles. The van der Waals surface area contributed by atoms with E-state index in [4.69, 9.17) is 9.47 Å². The third kappa shape index (κ3) is 3.31. The lowest BCUT2D eigenvalue weighted by Crippen LogP contribution is -2.07. The van der Waals surface area contributed by atoms with Crippen LogP contribution in [0, 0.1) is 17.1 Å². The van der Waals surface area contributed by atoms with Gasteiger partial charge in [0.15, 0.2) is 0 Å². The minimum Gasteiger partial charge on any atom is -0.488 e. The molecule has 0 atom stereocenters. The first-order valence-corrected chi connectivity index (χ1v) is 8.39. The van der Waals surface area contributed by atoms with E-state index in [1.54, 1.807) is 31.2 Å². The van der Waals surface area contributed by atoms with Crippen molar-refractivity contribution in [3.63, 3.8) is 0 Å². The zero-order valence-electron chi connectivity index (χ0n) is 14.6. The number of hydrogen-bond acceptors (Lipinski definition) is 4. The average molecular weight is 351 g/mol. The predicted octanol–water partition coefficient (Wildman–Crippen LogP) is 4.63. The Balaban J connectivity index is 2.14. The van der Waals surface area contributed by atoms with E-state index in [0.29, 0.717) is 34.6 Å². The number of halogens is 1. The molecule has 0 unspecified atom stereocenters. The summed E-state index contributed by atoms with van der Waals surface area (Å²) in [6, 6.07) is 11.5. The molecule has 132 valence electrons. The summed E-state index contributed by atoms with van der Waals surface area (Å²) in [5.41, 5.74) is 3.52. The number of allylic oxidation sites excluding steroid dienone is 1. The number of benzene rings is 2. The van der Waals surface area contributed by atoms with Gasteiger partial charge in [0.25, 0.3) is 0 Å². The fourth-order valence-electron chi connectivity index (χ4n) is 2.95. The van der Waals surface area contributed by atoms with Gasteiger partial charge in [-0.05, 0) is 54.8 Å². The zero-order chi connectivity index (χ0) is 18.7. The fraction of sp³-hybridized carbons (Fsp3) is 0.238. The molecule has 0 amide bonds. The summed E-state index contributed by atoms with van der Waals surface area (Å²) in [6.45, 7) is 4.18. The molecule has 1 aliphatic heterocycles. The topological polar surface area (TPSA) is 59.3 Å². The van der Waals surface area contributed by atoms with Crippen molar-refractivity contribution in [3.8, 4) is 11.8 Å². The lowest BCUT2D eigenvalue weighted by Gasteiger charge is -2.12. The summed E-state index contributed by atoms with van der Waals surface area (Å²) in [5, 5.41) is 9.42. The number of esters is 1. The Morgan fingerprint density at radius 2 is 2.08 bits per heavy atom. The van der Waals surface area contributed by atoms with Gasteiger partial charge in [-0.25, -0.2) is 9.18 Å². The molecule has 2 aromatic rings. The molecule has 0 saturated heterocycles. The molecule has 0 N–H and O–H groups in total. The van der Waals surface area contributed by atoms with Crippen molar-refractivity contribution in [1.82, 2.24) is 0 Å². The van der Waals surface area contributed by atoms with Crippen LogP contribution in [0.2, 0.25) is 0 Å². The highest BCUT2D eigenvalue weighted by Gasteiger charge is 2.23. The van der Waals surface area contributed by atoms with Crippen LogP contribution in [-0.4, -0.2) is 12.6 Å². The van der Waals surface area contributed by atoms with Gasteiger partial charge in [0, 0.05) is 16.7 Å². The Morgan fingerprint density at radius 1 is 1.27 bits per heavy atom. The highest BCUT2D eigenvalue weighted by molar-refractivity contribution is 5.93. The maximum absolute atomic E-state index is 13.8. The molecule has 5 heteroatoms. The van der Waals surface area contributed by atoms with E-state index < -0.39 is 11.8 Å². The van der Waals surface area contributed by atoms with Crippen molar-refractivity contribution in [2.75, 3.05) is 6.61 Å². The van der Waals surface area contributed by atoms with E-state index in [-0.39, 0.29) is 6.61 Å². The molecule has 0 spiro atoms. The Bertz CT molecular complexity index is 941. The molecule has 3 rings (SSSR count). The van der Waals surface area contributed by atoms with Crippen molar-refractivity contribution in [2.24, 2.45) is 0 Å². The molecule has 0 saturated carbocycles. The van der Waals surface area contributed by atoms with Crippen LogP contribution < -0.4 is 4.74 Å². The molecule has 26 heavy (non-hydrogen) atoms. The first-order chi connectivity index (χ1) is 12.5. The first-order valence-electron chi connectivity index (χ1n) is 8.39. The highest BCUT2D eigenvalue weighted by Crippen LogP contribution is 2.39. The van der Waals surface area contributed by atoms with Gasteiger partial charge < -0.3 is 9.47 Å². The summed E-state index contributed by atoms with van der Waals surface area (Å²) in [7, 11) is 0. The first kappa shape index (κ1) is 17.7. The second-order valence-corrected chi connectivity index (χ2v) is 6.05. The van der Waals surface area contributed by atoms with Gasteiger partial charge in [-0.1, -0.05) is 13.0 Å². The second-order valence-electron chi connectivity index (χ2n) is 6.05. The Kier molecular flexibility index (Phi) is 5.04. The molecular formula is C21H18FNO3. The van der Waals surface area contributed by atoms with E-state index in [1.165, 1.54) is 12.1 Å². The van der Waals surface area contributed by atoms with Gasteiger partial charge in [0.2, 0.25) is 0 Å². The van der Waals surface area contributed by atoms with E-state index in [0.717, 1.165) is 17.5 Å². The van der Waals surface area contributed by atoms with Crippen molar-refractivity contribution in [3.05, 3.63) is 70.0 Å². The molecule has 0 bridgehead atoms. The summed E-state index contributed by atoms with van der Waals surface area (Å²) >= 11 is 0. The summed E-state index contributed by atoms with van der Waals surface area (Å²) in [4.78, 5) is 12.1. The van der Waals surface area contributed by atoms with Crippen molar-refractivity contribution in [1.29, 1.82) is 5.26 Å². The molecule has 0 aliphatic carbocycles. The molecule has 0 fully saturated rings. The molecule has 4 nitrogen and oxygen atoms in total. The van der Waals surface area contributed by atoms with Crippen LogP contribution >= 0.6 is 0 Å². The van der Waals surface area contributed by atoms with Crippen LogP contribution in [0.5, 0.6) is 5.75 Å². The van der Waals surface area contributed by atoms with Crippen LogP contribution in [-0.2, 0) is 11.3 Å². The number of fused-ring (bicyclic) bond motifs is 2. The third-order valence-corrected chi connectivity index (χ3v) is 4.18. The maximum atomic E-state index is 13.8. The van der Waals surface area contributed by atoms with Gasteiger partial charge in [0.1, 0.15) is 18.2 Å². The van der Waals surface area contributed by atoms with Crippen LogP contribution in [0.25, 0.3) is 5.57 Å². The Hall–Kier alpha value is -3.13. The lowest BCUT2D eigenvalue weighted by molar-refractivity contribution is 0.0505. The molecule has 0 radical (unpaired) electrons. The van der Waals surface area contributed by atoms with Crippen molar-refractivity contribution < 1.29 is 18.7 Å². The van der Waals surface area contributed by atoms with Crippen LogP contribution in [0.15, 0.2) is 42.0 Å². The van der Waals surface area contributed by atoms with Gasteiger partial charge in [-0.3, -0.25) is 0 Å². The fourth-order valence-corrected chi connectivity index (χ4v) is 2.95. The minimum atomic E-state index is -0.404. The average Bonchev–Trinajstić information content (AvgIpc) is 2.81. The molecule has 2 aromatic carbocycles. The summed E-state index contributed by atoms with van der Waals surface area (Å²) in [6.07, 6.45) is 0.745. The highest BCUT2D eigenvalue weighted by atomic mass is 19.1. The quantitative estimate of drug-likeness (QED) is 0.597. The number of carbonyl (C=O) groups excluding carboxylic acids is 1. The van der Waals surface area contributed by atoms with Gasteiger partial charge in [-0.15, -0.1) is 0 Å². The number of ether oxygens (including phenoxy) is 2. The molecule has 1 aliphatic rings. The van der Waals surface area contributed by atoms with Crippen LogP contribution in [0.3, 0.4) is 0 Å². The van der Waals surface area contributed by atoms with E-state index in [1.807, 2.05) is 6.92 Å². The number of carbonyl (C=O) groups is 1. The van der Waals surface area contributed by atoms with Gasteiger partial charge in [-0.2, -0.15) is 5.26 Å². The van der Waals surface area contributed by atoms with Crippen LogP contribution in [0.1, 0.15) is 47.3 Å². The Morgan fingerprint density at radius 3 is 2.81 bits per heavy atom. The van der Waals surface area contributed by atoms with Gasteiger partial charge in [0.05, 0.1) is 18.2 Å². The number of hydrogen-bond donors (Lipinski definition) is 0. The maximum Gasteiger partial charge on any atom is 0.338 e. The monoisotopic (exact) mass is 351 g/mol. The van der Waals surface area contributed by atoms with E-state index >= 15 is 0 Å². The predicted molar refractivity (Wildman–Crippen MR) is 95.1 cm³/mol. The second kappa shape index (κ2) is 7.40. The molecule has 0 aromatic heterocycles. The zero-order valence-corrected chi connectivity index (χ0v) is 14.6.